The lowest BCUT2D eigenvalue weighted by atomic mass is 9.77. The van der Waals surface area contributed by atoms with Crippen LogP contribution in [0.4, 0.5) is 0 Å². The summed E-state index contributed by atoms with van der Waals surface area (Å²) in [6.07, 6.45) is 4.14. The molecule has 1 saturated heterocycles. The highest BCUT2D eigenvalue weighted by atomic mass is 16.4. The van der Waals surface area contributed by atoms with Crippen molar-refractivity contribution in [3.63, 3.8) is 0 Å². The molecule has 2 aliphatic rings. The number of piperidine rings is 1. The summed E-state index contributed by atoms with van der Waals surface area (Å²) in [5, 5.41) is 9.32. The van der Waals surface area contributed by atoms with E-state index in [0.29, 0.717) is 25.8 Å². The lowest BCUT2D eigenvalue weighted by molar-refractivity contribution is -0.151. The third-order valence-corrected chi connectivity index (χ3v) is 3.48. The van der Waals surface area contributed by atoms with Crippen LogP contribution in [0.15, 0.2) is 11.8 Å². The first-order valence-corrected chi connectivity index (χ1v) is 5.36. The average Bonchev–Trinajstić information content (AvgIpc) is 2.62. The molecule has 2 rings (SSSR count). The molecule has 4 heteroatoms. The summed E-state index contributed by atoms with van der Waals surface area (Å²) in [5.74, 6) is -0.722. The van der Waals surface area contributed by atoms with Crippen molar-refractivity contribution < 1.29 is 14.7 Å². The average molecular weight is 209 g/mol. The van der Waals surface area contributed by atoms with Crippen LogP contribution in [0, 0.1) is 5.41 Å². The predicted molar refractivity (Wildman–Crippen MR) is 54.0 cm³/mol. The van der Waals surface area contributed by atoms with Crippen LogP contribution in [-0.2, 0) is 9.59 Å². The van der Waals surface area contributed by atoms with Gasteiger partial charge < -0.3 is 10.0 Å². The summed E-state index contributed by atoms with van der Waals surface area (Å²) in [7, 11) is 0. The summed E-state index contributed by atoms with van der Waals surface area (Å²) in [6.45, 7) is 2.45. The van der Waals surface area contributed by atoms with E-state index in [1.165, 1.54) is 0 Å². The Morgan fingerprint density at radius 1 is 1.60 bits per heavy atom. The second kappa shape index (κ2) is 3.36. The van der Waals surface area contributed by atoms with Gasteiger partial charge >= 0.3 is 5.97 Å². The van der Waals surface area contributed by atoms with Gasteiger partial charge in [-0.1, -0.05) is 6.08 Å². The van der Waals surface area contributed by atoms with E-state index in [0.717, 1.165) is 12.1 Å². The number of hydrogen-bond donors (Lipinski definition) is 1. The van der Waals surface area contributed by atoms with E-state index in [-0.39, 0.29) is 5.91 Å². The summed E-state index contributed by atoms with van der Waals surface area (Å²) in [5.41, 5.74) is -0.0436. The summed E-state index contributed by atoms with van der Waals surface area (Å²) in [6, 6.07) is 0. The van der Waals surface area contributed by atoms with Gasteiger partial charge in [0.15, 0.2) is 0 Å². The highest BCUT2D eigenvalue weighted by Gasteiger charge is 2.50. The normalized spacial score (nSPS) is 30.1. The smallest absolute Gasteiger partial charge is 0.315 e. The Morgan fingerprint density at radius 3 is 2.93 bits per heavy atom. The Hall–Kier alpha value is -1.32. The molecule has 0 bridgehead atoms. The number of hydrogen-bond acceptors (Lipinski definition) is 2. The minimum absolute atomic E-state index is 0.0579. The number of fused-ring (bicyclic) bond motifs is 1. The largest absolute Gasteiger partial charge is 0.481 e. The number of carbonyl (C=O) groups is 2. The lowest BCUT2D eigenvalue weighted by Gasteiger charge is -2.39. The molecule has 4 nitrogen and oxygen atoms in total. The maximum Gasteiger partial charge on any atom is 0.315 e. The molecule has 1 amide bonds. The van der Waals surface area contributed by atoms with Gasteiger partial charge in [0.25, 0.3) is 0 Å². The molecular weight excluding hydrogens is 194 g/mol. The van der Waals surface area contributed by atoms with E-state index in [1.54, 1.807) is 4.90 Å². The Morgan fingerprint density at radius 2 is 2.33 bits per heavy atom. The Bertz CT molecular complexity index is 348. The fourth-order valence-electron chi connectivity index (χ4n) is 2.66. The number of amides is 1. The highest BCUT2D eigenvalue weighted by Crippen LogP contribution is 2.47. The lowest BCUT2D eigenvalue weighted by Crippen LogP contribution is -2.46. The zero-order valence-corrected chi connectivity index (χ0v) is 8.82. The molecule has 0 aromatic carbocycles. The van der Waals surface area contributed by atoms with Gasteiger partial charge in [-0.2, -0.15) is 0 Å². The summed E-state index contributed by atoms with van der Waals surface area (Å²) < 4.78 is 0. The quantitative estimate of drug-likeness (QED) is 0.747. The number of aliphatic carboxylic acids is 1. The molecule has 1 unspecified atom stereocenters. The zero-order chi connectivity index (χ0) is 11.1. The van der Waals surface area contributed by atoms with Crippen LogP contribution < -0.4 is 0 Å². The zero-order valence-electron chi connectivity index (χ0n) is 8.82. The Labute approximate surface area is 88.6 Å². The molecule has 0 aromatic heterocycles. The van der Waals surface area contributed by atoms with Gasteiger partial charge in [0.05, 0.1) is 0 Å². The number of carbonyl (C=O) groups excluding carboxylic acids is 1. The van der Waals surface area contributed by atoms with Gasteiger partial charge in [-0.05, 0) is 26.2 Å². The Kier molecular flexibility index (Phi) is 2.29. The van der Waals surface area contributed by atoms with Crippen LogP contribution in [0.1, 0.15) is 32.6 Å². The van der Waals surface area contributed by atoms with Crippen molar-refractivity contribution in [3.8, 4) is 0 Å². The fraction of sp³-hybridized carbons (Fsp3) is 0.636. The van der Waals surface area contributed by atoms with Crippen LogP contribution >= 0.6 is 0 Å². The number of likely N-dealkylation sites (tertiary alicyclic amines) is 1. The maximum atomic E-state index is 11.6. The topological polar surface area (TPSA) is 57.6 Å². The Balaban J connectivity index is 2.40. The summed E-state index contributed by atoms with van der Waals surface area (Å²) in [4.78, 5) is 24.6. The molecule has 82 valence electrons. The van der Waals surface area contributed by atoms with Crippen LogP contribution in [0.5, 0.6) is 0 Å². The van der Waals surface area contributed by atoms with E-state index in [4.69, 9.17) is 0 Å². The fourth-order valence-corrected chi connectivity index (χ4v) is 2.66. The van der Waals surface area contributed by atoms with Crippen molar-refractivity contribution in [1.82, 2.24) is 4.90 Å². The van der Waals surface area contributed by atoms with Crippen molar-refractivity contribution in [2.45, 2.75) is 32.6 Å². The van der Waals surface area contributed by atoms with Gasteiger partial charge in [-0.3, -0.25) is 9.59 Å². The molecule has 1 aliphatic carbocycles. The second-order valence-electron chi connectivity index (χ2n) is 4.15. The summed E-state index contributed by atoms with van der Waals surface area (Å²) >= 11 is 0. The first-order chi connectivity index (χ1) is 7.12. The van der Waals surface area contributed by atoms with Crippen LogP contribution in [0.3, 0.4) is 0 Å². The molecule has 1 N–H and O–H groups in total. The van der Waals surface area contributed by atoms with Gasteiger partial charge in [0.2, 0.25) is 5.91 Å². The van der Waals surface area contributed by atoms with Crippen molar-refractivity contribution >= 4 is 11.9 Å². The van der Waals surface area contributed by atoms with E-state index in [9.17, 15) is 14.7 Å². The maximum absolute atomic E-state index is 11.6. The monoisotopic (exact) mass is 209 g/mol. The van der Waals surface area contributed by atoms with Crippen molar-refractivity contribution in [2.24, 2.45) is 5.41 Å². The third-order valence-electron chi connectivity index (χ3n) is 3.48. The van der Waals surface area contributed by atoms with Crippen molar-refractivity contribution in [3.05, 3.63) is 11.8 Å². The van der Waals surface area contributed by atoms with Gasteiger partial charge in [0.1, 0.15) is 5.41 Å². The molecule has 0 saturated carbocycles. The molecule has 0 radical (unpaired) electrons. The first-order valence-electron chi connectivity index (χ1n) is 5.36. The number of carboxylic acid groups (broad SMARTS) is 1. The molecule has 15 heavy (non-hydrogen) atoms. The molecule has 1 aliphatic heterocycles. The van der Waals surface area contributed by atoms with Gasteiger partial charge in [0, 0.05) is 18.7 Å². The molecular formula is C11H15NO3. The van der Waals surface area contributed by atoms with E-state index < -0.39 is 11.4 Å². The molecule has 0 spiro atoms. The molecule has 1 heterocycles. The number of carboxylic acids is 1. The minimum atomic E-state index is -0.780. The number of nitrogens with zero attached hydrogens (tertiary/aromatic N) is 1. The van der Waals surface area contributed by atoms with Crippen molar-refractivity contribution in [1.29, 1.82) is 0 Å². The van der Waals surface area contributed by atoms with Crippen LogP contribution in [0.25, 0.3) is 0 Å². The van der Waals surface area contributed by atoms with Gasteiger partial charge in [-0.15, -0.1) is 0 Å². The number of allylic oxidation sites excluding steroid dienone is 1. The number of rotatable bonds is 2. The first kappa shape index (κ1) is 10.2. The highest BCUT2D eigenvalue weighted by molar-refractivity contribution is 5.87. The predicted octanol–water partition coefficient (Wildman–Crippen LogP) is 1.38. The minimum Gasteiger partial charge on any atom is -0.481 e. The van der Waals surface area contributed by atoms with E-state index in [2.05, 4.69) is 0 Å². The third kappa shape index (κ3) is 1.28. The van der Waals surface area contributed by atoms with Gasteiger partial charge in [-0.25, -0.2) is 0 Å². The molecule has 1 atom stereocenters. The standard InChI is InChI=1S/C11H15NO3/c1-2-12-8-4-3-6-11(8,10(14)15)7-5-9(12)13/h4H,2-3,5-7H2,1H3,(H,14,15). The van der Waals surface area contributed by atoms with Crippen molar-refractivity contribution in [2.75, 3.05) is 6.54 Å². The van der Waals surface area contributed by atoms with Crippen LogP contribution in [-0.4, -0.2) is 28.4 Å². The molecule has 1 fully saturated rings. The SMILES string of the molecule is CCN1C(=O)CCC2(C(=O)O)CCC=C12. The second-order valence-corrected chi connectivity index (χ2v) is 4.15. The molecule has 0 aromatic rings. The van der Waals surface area contributed by atoms with Crippen LogP contribution in [0.2, 0.25) is 0 Å². The van der Waals surface area contributed by atoms with E-state index >= 15 is 0 Å². The van der Waals surface area contributed by atoms with E-state index in [1.807, 2.05) is 13.0 Å².